The quantitative estimate of drug-likeness (QED) is 0.612. The molecular formula is C26H30FN5O2. The predicted molar refractivity (Wildman–Crippen MR) is 129 cm³/mol. The van der Waals surface area contributed by atoms with E-state index in [1.165, 1.54) is 0 Å². The molecule has 1 saturated heterocycles. The lowest BCUT2D eigenvalue weighted by Crippen LogP contribution is -2.51. The summed E-state index contributed by atoms with van der Waals surface area (Å²) in [6, 6.07) is 11.6. The Morgan fingerprint density at radius 1 is 1.21 bits per heavy atom. The van der Waals surface area contributed by atoms with Gasteiger partial charge in [0.15, 0.2) is 0 Å². The van der Waals surface area contributed by atoms with Gasteiger partial charge in [-0.15, -0.1) is 0 Å². The number of halogens is 1. The van der Waals surface area contributed by atoms with E-state index < -0.39 is 0 Å². The van der Waals surface area contributed by atoms with Crippen molar-refractivity contribution >= 4 is 5.96 Å². The van der Waals surface area contributed by atoms with E-state index >= 15 is 0 Å². The van der Waals surface area contributed by atoms with E-state index in [0.29, 0.717) is 13.0 Å². The molecular weight excluding hydrogens is 433 g/mol. The van der Waals surface area contributed by atoms with E-state index in [1.807, 2.05) is 30.7 Å². The number of guanidine groups is 1. The van der Waals surface area contributed by atoms with E-state index in [2.05, 4.69) is 38.6 Å². The number of ether oxygens (including phenoxy) is 1. The minimum Gasteiger partial charge on any atom is -0.495 e. The fraction of sp³-hybridized carbons (Fsp3) is 0.385. The number of rotatable bonds is 5. The number of nitrogens with zero attached hydrogens (tertiary/aromatic N) is 4. The number of imidazole rings is 1. The Labute approximate surface area is 199 Å². The molecule has 2 aliphatic heterocycles. The third-order valence-corrected chi connectivity index (χ3v) is 6.50. The lowest BCUT2D eigenvalue weighted by molar-refractivity contribution is 0.0584. The lowest BCUT2D eigenvalue weighted by Gasteiger charge is -2.35. The largest absolute Gasteiger partial charge is 0.495 e. The second-order valence-electron chi connectivity index (χ2n) is 9.09. The fourth-order valence-electron chi connectivity index (χ4n) is 4.89. The van der Waals surface area contributed by atoms with Gasteiger partial charge in [0.05, 0.1) is 36.9 Å². The second kappa shape index (κ2) is 9.37. The summed E-state index contributed by atoms with van der Waals surface area (Å²) in [7, 11) is 1.69. The second-order valence-corrected chi connectivity index (χ2v) is 9.09. The number of fused-ring (bicyclic) bond motifs is 1. The number of aromatic nitrogens is 2. The highest BCUT2D eigenvalue weighted by atomic mass is 19.1. The van der Waals surface area contributed by atoms with Crippen molar-refractivity contribution in [3.63, 3.8) is 0 Å². The zero-order valence-electron chi connectivity index (χ0n) is 19.8. The van der Waals surface area contributed by atoms with Crippen molar-refractivity contribution in [3.05, 3.63) is 77.1 Å². The molecule has 8 heteroatoms. The van der Waals surface area contributed by atoms with Crippen molar-refractivity contribution in [1.29, 1.82) is 0 Å². The number of nitrogens with one attached hydrogen (secondary N) is 1. The van der Waals surface area contributed by atoms with Crippen LogP contribution in [0.15, 0.2) is 54.1 Å². The highest BCUT2D eigenvalue weighted by Gasteiger charge is 2.32. The van der Waals surface area contributed by atoms with Crippen LogP contribution in [0.2, 0.25) is 0 Å². The Kier molecular flexibility index (Phi) is 6.13. The van der Waals surface area contributed by atoms with Gasteiger partial charge < -0.3 is 24.4 Å². The molecule has 2 unspecified atom stereocenters. The SMILES string of the molecule is COc1cc(C2CCCN3C(=NOCC3Cc3cc(C)cc(F)c3)N2)ccc1-n1cnc(C)c1. The maximum atomic E-state index is 13.9. The van der Waals surface area contributed by atoms with Gasteiger partial charge in [0, 0.05) is 12.7 Å². The predicted octanol–water partition coefficient (Wildman–Crippen LogP) is 4.28. The van der Waals surface area contributed by atoms with Crippen LogP contribution in [-0.4, -0.2) is 46.7 Å². The summed E-state index contributed by atoms with van der Waals surface area (Å²) in [5, 5.41) is 7.93. The number of oxime groups is 1. The summed E-state index contributed by atoms with van der Waals surface area (Å²) in [5.74, 6) is 1.33. The first-order valence-corrected chi connectivity index (χ1v) is 11.7. The van der Waals surface area contributed by atoms with Gasteiger partial charge in [-0.3, -0.25) is 0 Å². The molecule has 2 aliphatic rings. The lowest BCUT2D eigenvalue weighted by atomic mass is 10.0. The van der Waals surface area contributed by atoms with Crippen LogP contribution in [0.3, 0.4) is 0 Å². The maximum absolute atomic E-state index is 13.9. The standard InChI is InChI=1S/C26H30FN5O2/c1-17-9-19(11-21(27)10-17)12-22-15-34-30-26-29-23(5-4-8-32(22)26)20-6-7-24(25(13-20)33-3)31-14-18(2)28-16-31/h6-7,9-11,13-14,16,22-23H,4-5,8,12,15H2,1-3H3,(H,29,30). The summed E-state index contributed by atoms with van der Waals surface area (Å²) < 4.78 is 21.6. The first-order chi connectivity index (χ1) is 16.5. The minimum absolute atomic E-state index is 0.0787. The van der Waals surface area contributed by atoms with Crippen molar-refractivity contribution < 1.29 is 14.0 Å². The molecule has 0 saturated carbocycles. The fourth-order valence-corrected chi connectivity index (χ4v) is 4.89. The minimum atomic E-state index is -0.196. The van der Waals surface area contributed by atoms with Gasteiger partial charge in [-0.1, -0.05) is 12.1 Å². The first kappa shape index (κ1) is 22.3. The molecule has 0 amide bonds. The summed E-state index contributed by atoms with van der Waals surface area (Å²) >= 11 is 0. The van der Waals surface area contributed by atoms with Gasteiger partial charge in [-0.05, 0) is 79.2 Å². The maximum Gasteiger partial charge on any atom is 0.236 e. The normalized spacial score (nSPS) is 20.0. The molecule has 1 fully saturated rings. The molecule has 0 spiro atoms. The van der Waals surface area contributed by atoms with Gasteiger partial charge in [-0.2, -0.15) is 0 Å². The summed E-state index contributed by atoms with van der Waals surface area (Å²) in [6.45, 7) is 5.24. The smallest absolute Gasteiger partial charge is 0.236 e. The molecule has 3 heterocycles. The van der Waals surface area contributed by atoms with E-state index in [1.54, 1.807) is 25.6 Å². The highest BCUT2D eigenvalue weighted by molar-refractivity contribution is 5.81. The Morgan fingerprint density at radius 3 is 2.85 bits per heavy atom. The molecule has 2 aromatic carbocycles. The van der Waals surface area contributed by atoms with Crippen molar-refractivity contribution in [2.75, 3.05) is 20.3 Å². The van der Waals surface area contributed by atoms with Crippen molar-refractivity contribution in [2.24, 2.45) is 5.16 Å². The molecule has 1 aromatic heterocycles. The van der Waals surface area contributed by atoms with Gasteiger partial charge >= 0.3 is 0 Å². The van der Waals surface area contributed by atoms with Crippen LogP contribution >= 0.6 is 0 Å². The molecule has 34 heavy (non-hydrogen) atoms. The average Bonchev–Trinajstić information content (AvgIpc) is 3.12. The van der Waals surface area contributed by atoms with Crippen LogP contribution in [0.4, 0.5) is 4.39 Å². The molecule has 0 bridgehead atoms. The van der Waals surface area contributed by atoms with Crippen molar-refractivity contribution in [2.45, 2.75) is 45.2 Å². The van der Waals surface area contributed by atoms with Gasteiger partial charge in [-0.25, -0.2) is 9.37 Å². The molecule has 3 aromatic rings. The number of benzene rings is 2. The summed E-state index contributed by atoms with van der Waals surface area (Å²) in [5.41, 5.74) is 4.94. The molecule has 178 valence electrons. The van der Waals surface area contributed by atoms with E-state index in [-0.39, 0.29) is 17.9 Å². The zero-order valence-corrected chi connectivity index (χ0v) is 19.8. The van der Waals surface area contributed by atoms with Gasteiger partial charge in [0.1, 0.15) is 18.2 Å². The van der Waals surface area contributed by atoms with E-state index in [0.717, 1.165) is 59.2 Å². The average molecular weight is 464 g/mol. The number of hydrogen-bond acceptors (Lipinski definition) is 6. The number of methoxy groups -OCH3 is 1. The molecule has 1 N–H and O–H groups in total. The summed E-state index contributed by atoms with van der Waals surface area (Å²) in [4.78, 5) is 12.2. The molecule has 0 radical (unpaired) electrons. The van der Waals surface area contributed by atoms with Crippen LogP contribution in [-0.2, 0) is 11.3 Å². The van der Waals surface area contributed by atoms with Crippen molar-refractivity contribution in [3.8, 4) is 11.4 Å². The van der Waals surface area contributed by atoms with Gasteiger partial charge in [0.2, 0.25) is 5.96 Å². The number of hydrogen-bond donors (Lipinski definition) is 1. The van der Waals surface area contributed by atoms with Gasteiger partial charge in [0.25, 0.3) is 0 Å². The Balaban J connectivity index is 1.35. The molecule has 2 atom stereocenters. The summed E-state index contributed by atoms with van der Waals surface area (Å²) in [6.07, 6.45) is 6.43. The van der Waals surface area contributed by atoms with Crippen LogP contribution in [0.25, 0.3) is 5.69 Å². The molecule has 5 rings (SSSR count). The third kappa shape index (κ3) is 4.58. The monoisotopic (exact) mass is 463 g/mol. The third-order valence-electron chi connectivity index (χ3n) is 6.50. The topological polar surface area (TPSA) is 63.9 Å². The molecule has 7 nitrogen and oxygen atoms in total. The zero-order chi connectivity index (χ0) is 23.7. The van der Waals surface area contributed by atoms with Crippen LogP contribution < -0.4 is 10.1 Å². The Bertz CT molecular complexity index is 1190. The Hall–Kier alpha value is -3.55. The van der Waals surface area contributed by atoms with Crippen LogP contribution in [0, 0.1) is 19.7 Å². The van der Waals surface area contributed by atoms with Crippen molar-refractivity contribution in [1.82, 2.24) is 19.8 Å². The van der Waals surface area contributed by atoms with Crippen LogP contribution in [0.5, 0.6) is 5.75 Å². The Morgan fingerprint density at radius 2 is 2.09 bits per heavy atom. The van der Waals surface area contributed by atoms with E-state index in [4.69, 9.17) is 9.57 Å². The molecule has 0 aliphatic carbocycles. The highest BCUT2D eigenvalue weighted by Crippen LogP contribution is 2.31. The van der Waals surface area contributed by atoms with E-state index in [9.17, 15) is 4.39 Å². The van der Waals surface area contributed by atoms with Crippen LogP contribution in [0.1, 0.15) is 41.3 Å². The first-order valence-electron chi connectivity index (χ1n) is 11.7. The number of aryl methyl sites for hydroxylation is 2.